The first-order valence-electron chi connectivity index (χ1n) is 11.1. The van der Waals surface area contributed by atoms with Crippen molar-refractivity contribution in [2.24, 2.45) is 5.73 Å². The molecule has 0 bridgehead atoms. The van der Waals surface area contributed by atoms with Crippen molar-refractivity contribution in [3.05, 3.63) is 47.5 Å². The molecule has 0 fully saturated rings. The highest BCUT2D eigenvalue weighted by atomic mass is 14.7. The molecule has 0 saturated heterocycles. The van der Waals surface area contributed by atoms with Crippen LogP contribution in [0.5, 0.6) is 0 Å². The van der Waals surface area contributed by atoms with E-state index in [0.717, 1.165) is 75.8 Å². The molecule has 0 spiro atoms. The van der Waals surface area contributed by atoms with Crippen molar-refractivity contribution in [3.63, 3.8) is 0 Å². The number of rotatable bonds is 0. The highest BCUT2D eigenvalue weighted by molar-refractivity contribution is 6.49. The Bertz CT molecular complexity index is 2090. The molecule has 0 aliphatic heterocycles. The lowest BCUT2D eigenvalue weighted by atomic mass is 9.75. The fraction of sp³-hybridized carbons (Fsp3) is 0.0370. The minimum atomic E-state index is -0.425. The summed E-state index contributed by atoms with van der Waals surface area (Å²) in [5.74, 6) is 0. The van der Waals surface area contributed by atoms with Gasteiger partial charge in [-0.25, -0.2) is 0 Å². The topological polar surface area (TPSA) is 182 Å². The number of anilines is 6. The van der Waals surface area contributed by atoms with Gasteiger partial charge in [-0.05, 0) is 62.8 Å². The molecule has 7 aromatic rings. The maximum atomic E-state index is 6.89. The Balaban J connectivity index is 1.95. The standard InChI is InChI=1S/C27H21N7/c28-11-2-1-8-17-20(11)27(34)22-15(32)6-10-13(30)5-9-12(29)3-7-4-14(31)21(26(8)33)23-16(7)18(9)19(10)24(22)25(17)23/h1-6,26H,28-34H2. The molecule has 1 atom stereocenters. The molecule has 1 unspecified atom stereocenters. The van der Waals surface area contributed by atoms with Crippen LogP contribution in [0.4, 0.5) is 34.1 Å². The summed E-state index contributed by atoms with van der Waals surface area (Å²) in [5.41, 5.74) is 52.1. The van der Waals surface area contributed by atoms with Crippen LogP contribution in [-0.4, -0.2) is 0 Å². The predicted molar refractivity (Wildman–Crippen MR) is 146 cm³/mol. The van der Waals surface area contributed by atoms with Gasteiger partial charge in [0.1, 0.15) is 0 Å². The third-order valence-electron chi connectivity index (χ3n) is 7.99. The van der Waals surface area contributed by atoms with Gasteiger partial charge in [-0.3, -0.25) is 0 Å². The largest absolute Gasteiger partial charge is 0.398 e. The molecule has 164 valence electrons. The van der Waals surface area contributed by atoms with E-state index in [2.05, 4.69) is 0 Å². The van der Waals surface area contributed by atoms with Gasteiger partial charge in [0.25, 0.3) is 0 Å². The predicted octanol–water partition coefficient (Wildman–Crippen LogP) is 4.34. The Morgan fingerprint density at radius 2 is 1.06 bits per heavy atom. The molecule has 1 aliphatic carbocycles. The van der Waals surface area contributed by atoms with Crippen molar-refractivity contribution in [3.8, 4) is 0 Å². The van der Waals surface area contributed by atoms with E-state index in [4.69, 9.17) is 40.1 Å². The van der Waals surface area contributed by atoms with Crippen LogP contribution in [0.25, 0.3) is 64.6 Å². The second kappa shape index (κ2) is 5.13. The summed E-state index contributed by atoms with van der Waals surface area (Å²) >= 11 is 0. The number of nitrogens with two attached hydrogens (primary N) is 7. The van der Waals surface area contributed by atoms with Gasteiger partial charge >= 0.3 is 0 Å². The lowest BCUT2D eigenvalue weighted by Crippen LogP contribution is -2.19. The van der Waals surface area contributed by atoms with E-state index in [1.165, 1.54) is 0 Å². The third-order valence-corrected chi connectivity index (χ3v) is 7.99. The van der Waals surface area contributed by atoms with Crippen molar-refractivity contribution < 1.29 is 0 Å². The summed E-state index contributed by atoms with van der Waals surface area (Å²) in [4.78, 5) is 0. The van der Waals surface area contributed by atoms with Crippen LogP contribution in [0.3, 0.4) is 0 Å². The zero-order valence-electron chi connectivity index (χ0n) is 18.1. The van der Waals surface area contributed by atoms with Gasteiger partial charge in [0.15, 0.2) is 0 Å². The minimum absolute atomic E-state index is 0.425. The van der Waals surface area contributed by atoms with E-state index in [-0.39, 0.29) is 0 Å². The van der Waals surface area contributed by atoms with Crippen molar-refractivity contribution >= 4 is 98.8 Å². The van der Waals surface area contributed by atoms with Gasteiger partial charge < -0.3 is 40.1 Å². The fourth-order valence-electron chi connectivity index (χ4n) is 6.73. The van der Waals surface area contributed by atoms with Crippen molar-refractivity contribution in [2.75, 3.05) is 34.4 Å². The van der Waals surface area contributed by atoms with Crippen LogP contribution in [0, 0.1) is 0 Å². The molecule has 8 rings (SSSR count). The Kier molecular flexibility index (Phi) is 2.70. The van der Waals surface area contributed by atoms with Crippen LogP contribution in [-0.2, 0) is 0 Å². The molecule has 7 aromatic carbocycles. The summed E-state index contributed by atoms with van der Waals surface area (Å²) in [6.45, 7) is 0. The van der Waals surface area contributed by atoms with Crippen LogP contribution in [0.2, 0.25) is 0 Å². The Morgan fingerprint density at radius 1 is 0.471 bits per heavy atom. The first kappa shape index (κ1) is 17.9. The quantitative estimate of drug-likeness (QED) is 0.103. The molecule has 7 nitrogen and oxygen atoms in total. The molecule has 0 radical (unpaired) electrons. The molecule has 1 aliphatic rings. The van der Waals surface area contributed by atoms with Gasteiger partial charge in [-0.1, -0.05) is 6.07 Å². The van der Waals surface area contributed by atoms with E-state index in [0.29, 0.717) is 34.1 Å². The average molecular weight is 444 g/mol. The highest BCUT2D eigenvalue weighted by Gasteiger charge is 2.32. The van der Waals surface area contributed by atoms with Gasteiger partial charge in [0.05, 0.1) is 11.7 Å². The number of benzene rings is 7. The van der Waals surface area contributed by atoms with E-state index in [9.17, 15) is 0 Å². The van der Waals surface area contributed by atoms with Gasteiger partial charge in [0.2, 0.25) is 0 Å². The zero-order valence-corrected chi connectivity index (χ0v) is 18.1. The maximum absolute atomic E-state index is 6.89. The molecular formula is C27H21N7. The molecule has 0 heterocycles. The van der Waals surface area contributed by atoms with E-state index in [1.54, 1.807) is 0 Å². The third kappa shape index (κ3) is 1.62. The van der Waals surface area contributed by atoms with Crippen molar-refractivity contribution in [1.29, 1.82) is 0 Å². The Labute approximate surface area is 192 Å². The first-order valence-corrected chi connectivity index (χ1v) is 11.1. The second-order valence-corrected chi connectivity index (χ2v) is 9.61. The van der Waals surface area contributed by atoms with Crippen LogP contribution in [0.15, 0.2) is 36.4 Å². The van der Waals surface area contributed by atoms with E-state index in [1.807, 2.05) is 36.4 Å². The smallest absolute Gasteiger partial charge is 0.0584 e. The van der Waals surface area contributed by atoms with Gasteiger partial charge in [0, 0.05) is 71.7 Å². The lowest BCUT2D eigenvalue weighted by molar-refractivity contribution is 0.892. The summed E-state index contributed by atoms with van der Waals surface area (Å²) < 4.78 is 0. The molecule has 0 aromatic heterocycles. The summed E-state index contributed by atoms with van der Waals surface area (Å²) in [6, 6.07) is 11.2. The first-order chi connectivity index (χ1) is 16.3. The monoisotopic (exact) mass is 443 g/mol. The fourth-order valence-corrected chi connectivity index (χ4v) is 6.73. The molecule has 7 heteroatoms. The van der Waals surface area contributed by atoms with Crippen molar-refractivity contribution in [1.82, 2.24) is 0 Å². The van der Waals surface area contributed by atoms with Gasteiger partial charge in [-0.2, -0.15) is 0 Å². The minimum Gasteiger partial charge on any atom is -0.398 e. The summed E-state index contributed by atoms with van der Waals surface area (Å²) in [5, 5.41) is 11.4. The molecular weight excluding hydrogens is 422 g/mol. The van der Waals surface area contributed by atoms with E-state index >= 15 is 0 Å². The number of nitrogen functional groups attached to an aromatic ring is 6. The van der Waals surface area contributed by atoms with Crippen molar-refractivity contribution in [2.45, 2.75) is 6.04 Å². The Hall–Kier alpha value is -4.62. The van der Waals surface area contributed by atoms with Crippen LogP contribution >= 0.6 is 0 Å². The summed E-state index contributed by atoms with van der Waals surface area (Å²) in [6.07, 6.45) is 0. The molecule has 34 heavy (non-hydrogen) atoms. The molecule has 0 amide bonds. The lowest BCUT2D eigenvalue weighted by Gasteiger charge is -2.31. The van der Waals surface area contributed by atoms with Crippen LogP contribution < -0.4 is 40.1 Å². The normalized spacial score (nSPS) is 15.6. The zero-order chi connectivity index (χ0) is 23.4. The molecule has 14 N–H and O–H groups in total. The van der Waals surface area contributed by atoms with Gasteiger partial charge in [-0.15, -0.1) is 0 Å². The number of hydrogen-bond acceptors (Lipinski definition) is 7. The molecule has 0 saturated carbocycles. The maximum Gasteiger partial charge on any atom is 0.0584 e. The Morgan fingerprint density at radius 3 is 1.82 bits per heavy atom. The van der Waals surface area contributed by atoms with E-state index < -0.39 is 6.04 Å². The summed E-state index contributed by atoms with van der Waals surface area (Å²) in [7, 11) is 0. The SMILES string of the molecule is Nc1cc2cc(N)c3cc(N)c4cc(N)c5c(N)c6c(N)ccc7c6c6c(c1C7N)c2c3c4c56. The highest BCUT2D eigenvalue weighted by Crippen LogP contribution is 2.58. The second-order valence-electron chi connectivity index (χ2n) is 9.61. The number of hydrogen-bond donors (Lipinski definition) is 7. The van der Waals surface area contributed by atoms with Crippen LogP contribution in [0.1, 0.15) is 17.2 Å². The average Bonchev–Trinajstić information content (AvgIpc) is 2.78.